The highest BCUT2D eigenvalue weighted by molar-refractivity contribution is 6.31. The molecule has 2 amide bonds. The van der Waals surface area contributed by atoms with Gasteiger partial charge in [-0.1, -0.05) is 35.9 Å². The number of nitrogens with two attached hydrogens (primary N) is 1. The first kappa shape index (κ1) is 20.9. The van der Waals surface area contributed by atoms with Gasteiger partial charge in [0.05, 0.1) is 0 Å². The Morgan fingerprint density at radius 1 is 1.10 bits per heavy atom. The van der Waals surface area contributed by atoms with E-state index < -0.39 is 0 Å². The maximum absolute atomic E-state index is 12.6. The third kappa shape index (κ3) is 5.44. The molecule has 3 N–H and O–H groups in total. The molecule has 7 nitrogen and oxygen atoms in total. The van der Waals surface area contributed by atoms with Gasteiger partial charge in [-0.2, -0.15) is 0 Å². The minimum Gasteiger partial charge on any atom is -0.460 e. The quantitative estimate of drug-likeness (QED) is 0.585. The number of piperidine rings is 1. The van der Waals surface area contributed by atoms with Gasteiger partial charge >= 0.3 is 12.0 Å². The second kappa shape index (κ2) is 9.66. The number of carbonyl (C=O) groups is 1. The van der Waals surface area contributed by atoms with Crippen LogP contribution >= 0.6 is 11.6 Å². The summed E-state index contributed by atoms with van der Waals surface area (Å²) in [5.74, 6) is 0. The number of rotatable bonds is 5. The number of amides is 2. The van der Waals surface area contributed by atoms with Crippen LogP contribution in [-0.2, 0) is 6.54 Å². The average molecular weight is 438 g/mol. The SMILES string of the molecule is Nc1ccc(-c2ccc(CNC(=O)N3CCC(Oc4ncccn4)CC3)c(Cl)c2)cc1. The second-order valence-electron chi connectivity index (χ2n) is 7.42. The Morgan fingerprint density at radius 3 is 2.45 bits per heavy atom. The van der Waals surface area contributed by atoms with Crippen molar-refractivity contribution < 1.29 is 9.53 Å². The molecule has 160 valence electrons. The molecule has 0 bridgehead atoms. The summed E-state index contributed by atoms with van der Waals surface area (Å²) in [6, 6.07) is 15.5. The molecule has 31 heavy (non-hydrogen) atoms. The predicted molar refractivity (Wildman–Crippen MR) is 121 cm³/mol. The number of carbonyl (C=O) groups excluding carboxylic acids is 1. The number of likely N-dealkylation sites (tertiary alicyclic amines) is 1. The molecule has 0 unspecified atom stereocenters. The van der Waals surface area contributed by atoms with Crippen LogP contribution in [0, 0.1) is 0 Å². The Morgan fingerprint density at radius 2 is 1.77 bits per heavy atom. The fourth-order valence-electron chi connectivity index (χ4n) is 3.50. The Balaban J connectivity index is 1.27. The van der Waals surface area contributed by atoms with Crippen molar-refractivity contribution in [3.05, 3.63) is 71.5 Å². The van der Waals surface area contributed by atoms with Crippen LogP contribution in [0.3, 0.4) is 0 Å². The van der Waals surface area contributed by atoms with Gasteiger partial charge in [-0.15, -0.1) is 0 Å². The summed E-state index contributed by atoms with van der Waals surface area (Å²) < 4.78 is 5.78. The maximum Gasteiger partial charge on any atom is 0.317 e. The van der Waals surface area contributed by atoms with Crippen molar-refractivity contribution in [2.75, 3.05) is 18.8 Å². The Kier molecular flexibility index (Phi) is 6.52. The molecule has 1 aromatic heterocycles. The van der Waals surface area contributed by atoms with Crippen LogP contribution in [0.4, 0.5) is 10.5 Å². The fourth-order valence-corrected chi connectivity index (χ4v) is 3.75. The summed E-state index contributed by atoms with van der Waals surface area (Å²) in [7, 11) is 0. The lowest BCUT2D eigenvalue weighted by molar-refractivity contribution is 0.103. The highest BCUT2D eigenvalue weighted by Gasteiger charge is 2.24. The summed E-state index contributed by atoms with van der Waals surface area (Å²) in [6.45, 7) is 1.61. The van der Waals surface area contributed by atoms with Gasteiger partial charge < -0.3 is 20.7 Å². The van der Waals surface area contributed by atoms with E-state index in [1.807, 2.05) is 42.5 Å². The third-order valence-electron chi connectivity index (χ3n) is 5.27. The fraction of sp³-hybridized carbons (Fsp3) is 0.261. The lowest BCUT2D eigenvalue weighted by Crippen LogP contribution is -2.46. The second-order valence-corrected chi connectivity index (χ2v) is 7.83. The molecule has 0 aliphatic carbocycles. The summed E-state index contributed by atoms with van der Waals surface area (Å²) >= 11 is 6.46. The van der Waals surface area contributed by atoms with Gasteiger partial charge in [0, 0.05) is 55.6 Å². The zero-order chi connectivity index (χ0) is 21.6. The van der Waals surface area contributed by atoms with Crippen molar-refractivity contribution in [3.63, 3.8) is 0 Å². The van der Waals surface area contributed by atoms with Crippen LogP contribution in [0.25, 0.3) is 11.1 Å². The highest BCUT2D eigenvalue weighted by atomic mass is 35.5. The van der Waals surface area contributed by atoms with Crippen molar-refractivity contribution in [2.24, 2.45) is 0 Å². The minimum absolute atomic E-state index is 0.0155. The monoisotopic (exact) mass is 437 g/mol. The number of hydrogen-bond donors (Lipinski definition) is 2. The molecule has 1 aliphatic heterocycles. The summed E-state index contributed by atoms with van der Waals surface area (Å²) in [4.78, 5) is 22.5. The lowest BCUT2D eigenvalue weighted by Gasteiger charge is -2.31. The van der Waals surface area contributed by atoms with Gasteiger partial charge in [-0.3, -0.25) is 0 Å². The number of ether oxygens (including phenoxy) is 1. The molecule has 4 rings (SSSR count). The van der Waals surface area contributed by atoms with Crippen molar-refractivity contribution in [1.82, 2.24) is 20.2 Å². The first-order valence-corrected chi connectivity index (χ1v) is 10.6. The summed E-state index contributed by atoms with van der Waals surface area (Å²) in [5.41, 5.74) is 9.38. The van der Waals surface area contributed by atoms with Gasteiger partial charge in [0.1, 0.15) is 6.10 Å². The van der Waals surface area contributed by atoms with Gasteiger partial charge in [0.25, 0.3) is 0 Å². The minimum atomic E-state index is -0.104. The zero-order valence-corrected chi connectivity index (χ0v) is 17.8. The maximum atomic E-state index is 12.6. The van der Waals surface area contributed by atoms with Crippen LogP contribution in [0.5, 0.6) is 6.01 Å². The van der Waals surface area contributed by atoms with E-state index in [0.29, 0.717) is 30.7 Å². The number of nitrogens with one attached hydrogen (secondary N) is 1. The molecule has 1 fully saturated rings. The lowest BCUT2D eigenvalue weighted by atomic mass is 10.0. The first-order chi connectivity index (χ1) is 15.1. The van der Waals surface area contributed by atoms with Crippen LogP contribution < -0.4 is 15.8 Å². The standard InChI is InChI=1S/C23H24ClN5O2/c24-21-14-17(16-4-6-19(25)7-5-16)2-3-18(21)15-28-23(30)29-12-8-20(9-13-29)31-22-26-10-1-11-27-22/h1-7,10-11,14,20H,8-9,12-13,15,25H2,(H,28,30). The molecule has 1 saturated heterocycles. The smallest absolute Gasteiger partial charge is 0.317 e. The highest BCUT2D eigenvalue weighted by Crippen LogP contribution is 2.26. The number of urea groups is 1. The number of hydrogen-bond acceptors (Lipinski definition) is 5. The number of nitrogens with zero attached hydrogens (tertiary/aromatic N) is 3. The number of benzene rings is 2. The summed E-state index contributed by atoms with van der Waals surface area (Å²) in [6.07, 6.45) is 4.80. The largest absolute Gasteiger partial charge is 0.460 e. The Labute approximate surface area is 186 Å². The number of anilines is 1. The molecular formula is C23H24ClN5O2. The molecule has 1 aliphatic rings. The van der Waals surface area contributed by atoms with E-state index in [9.17, 15) is 4.79 Å². The molecule has 3 aromatic rings. The number of aromatic nitrogens is 2. The van der Waals surface area contributed by atoms with E-state index in [2.05, 4.69) is 15.3 Å². The molecule has 2 aromatic carbocycles. The number of halogens is 1. The van der Waals surface area contributed by atoms with Crippen molar-refractivity contribution in [1.29, 1.82) is 0 Å². The third-order valence-corrected chi connectivity index (χ3v) is 5.62. The van der Waals surface area contributed by atoms with Gasteiger partial charge in [0.15, 0.2) is 0 Å². The van der Waals surface area contributed by atoms with E-state index >= 15 is 0 Å². The average Bonchev–Trinajstić information content (AvgIpc) is 2.80. The van der Waals surface area contributed by atoms with Crippen LogP contribution in [0.2, 0.25) is 5.02 Å². The van der Waals surface area contributed by atoms with Crippen LogP contribution in [0.1, 0.15) is 18.4 Å². The van der Waals surface area contributed by atoms with Gasteiger partial charge in [-0.25, -0.2) is 14.8 Å². The molecule has 8 heteroatoms. The Hall–Kier alpha value is -3.32. The van der Waals surface area contributed by atoms with E-state index in [4.69, 9.17) is 22.1 Å². The van der Waals surface area contributed by atoms with Crippen molar-refractivity contribution in [2.45, 2.75) is 25.5 Å². The van der Waals surface area contributed by atoms with Crippen LogP contribution in [-0.4, -0.2) is 40.1 Å². The van der Waals surface area contributed by atoms with Crippen molar-refractivity contribution in [3.8, 4) is 17.1 Å². The zero-order valence-electron chi connectivity index (χ0n) is 17.0. The molecule has 0 radical (unpaired) electrons. The van der Waals surface area contributed by atoms with Gasteiger partial charge in [-0.05, 0) is 41.0 Å². The predicted octanol–water partition coefficient (Wildman–Crippen LogP) is 4.13. The summed E-state index contributed by atoms with van der Waals surface area (Å²) in [5, 5.41) is 3.58. The van der Waals surface area contributed by atoms with E-state index in [0.717, 1.165) is 35.2 Å². The molecule has 0 saturated carbocycles. The normalized spacial score (nSPS) is 14.3. The molecule has 0 atom stereocenters. The van der Waals surface area contributed by atoms with Gasteiger partial charge in [0.2, 0.25) is 0 Å². The van der Waals surface area contributed by atoms with Crippen LogP contribution in [0.15, 0.2) is 60.9 Å². The van der Waals surface area contributed by atoms with E-state index in [1.54, 1.807) is 23.4 Å². The Bertz CT molecular complexity index is 1020. The van der Waals surface area contributed by atoms with Crippen molar-refractivity contribution >= 4 is 23.3 Å². The number of nitrogen functional groups attached to an aromatic ring is 1. The molecule has 0 spiro atoms. The molecular weight excluding hydrogens is 414 g/mol. The molecule has 2 heterocycles. The topological polar surface area (TPSA) is 93.4 Å². The first-order valence-electron chi connectivity index (χ1n) is 10.2. The van der Waals surface area contributed by atoms with E-state index in [1.165, 1.54) is 0 Å². The van der Waals surface area contributed by atoms with E-state index in [-0.39, 0.29) is 12.1 Å².